The maximum atomic E-state index is 13.3. The van der Waals surface area contributed by atoms with Crippen LogP contribution in [0.3, 0.4) is 0 Å². The van der Waals surface area contributed by atoms with E-state index in [0.29, 0.717) is 0 Å². The Labute approximate surface area is 120 Å². The van der Waals surface area contributed by atoms with E-state index in [1.54, 1.807) is 0 Å². The molecular formula is C13H8BrF3N2O. The molecule has 2 rings (SSSR count). The Morgan fingerprint density at radius 1 is 1.05 bits per heavy atom. The average Bonchev–Trinajstić information content (AvgIpc) is 2.39. The van der Waals surface area contributed by atoms with E-state index in [1.807, 2.05) is 0 Å². The van der Waals surface area contributed by atoms with Gasteiger partial charge in [0.25, 0.3) is 5.91 Å². The molecule has 104 valence electrons. The zero-order valence-electron chi connectivity index (χ0n) is 9.88. The molecule has 0 saturated heterocycles. The number of amides is 1. The molecule has 2 aromatic carbocycles. The lowest BCUT2D eigenvalue weighted by atomic mass is 10.1. The number of carbonyl (C=O) groups excluding carboxylic acids is 1. The molecule has 0 atom stereocenters. The minimum Gasteiger partial charge on any atom is -0.394 e. The van der Waals surface area contributed by atoms with Crippen LogP contribution < -0.4 is 11.1 Å². The first-order valence-electron chi connectivity index (χ1n) is 5.39. The van der Waals surface area contributed by atoms with Crippen molar-refractivity contribution < 1.29 is 18.0 Å². The van der Waals surface area contributed by atoms with Crippen LogP contribution in [0.1, 0.15) is 10.4 Å². The molecule has 0 radical (unpaired) electrons. The Morgan fingerprint density at radius 2 is 1.65 bits per heavy atom. The lowest BCUT2D eigenvalue weighted by Crippen LogP contribution is -2.13. The van der Waals surface area contributed by atoms with Gasteiger partial charge in [0.05, 0.1) is 4.47 Å². The molecule has 0 aliphatic carbocycles. The van der Waals surface area contributed by atoms with Crippen LogP contribution in [0.15, 0.2) is 34.8 Å². The lowest BCUT2D eigenvalue weighted by molar-refractivity contribution is 0.102. The first kappa shape index (κ1) is 14.4. The van der Waals surface area contributed by atoms with Crippen molar-refractivity contribution in [2.45, 2.75) is 0 Å². The zero-order valence-corrected chi connectivity index (χ0v) is 11.5. The number of halogens is 4. The number of nitrogens with two attached hydrogens (primary N) is 1. The minimum atomic E-state index is -1.02. The Balaban J connectivity index is 2.26. The van der Waals surface area contributed by atoms with E-state index >= 15 is 0 Å². The second kappa shape index (κ2) is 5.54. The number of carbonyl (C=O) groups is 1. The van der Waals surface area contributed by atoms with E-state index in [0.717, 1.165) is 18.2 Å². The van der Waals surface area contributed by atoms with Crippen molar-refractivity contribution in [3.63, 3.8) is 0 Å². The third-order valence-corrected chi connectivity index (χ3v) is 3.13. The summed E-state index contributed by atoms with van der Waals surface area (Å²) >= 11 is 2.96. The summed E-state index contributed by atoms with van der Waals surface area (Å²) in [5, 5.41) is 2.39. The van der Waals surface area contributed by atoms with Gasteiger partial charge in [-0.15, -0.1) is 0 Å². The van der Waals surface area contributed by atoms with Crippen LogP contribution in [-0.2, 0) is 0 Å². The Morgan fingerprint density at radius 3 is 2.20 bits per heavy atom. The van der Waals surface area contributed by atoms with Gasteiger partial charge in [-0.1, -0.05) is 0 Å². The van der Waals surface area contributed by atoms with Gasteiger partial charge < -0.3 is 11.1 Å². The third kappa shape index (κ3) is 2.93. The second-order valence-electron chi connectivity index (χ2n) is 3.94. The topological polar surface area (TPSA) is 55.1 Å². The van der Waals surface area contributed by atoms with Gasteiger partial charge in [-0.2, -0.15) is 0 Å². The molecule has 2 aromatic rings. The summed E-state index contributed by atoms with van der Waals surface area (Å²) in [7, 11) is 0. The fourth-order valence-corrected chi connectivity index (χ4v) is 1.87. The standard InChI is InChI=1S/C13H8BrF3N2O/c14-8-5-7(1-2-9(8)15)19-13(20)6-3-10(16)12(18)11(17)4-6/h1-5H,18H2,(H,19,20). The van der Waals surface area contributed by atoms with E-state index in [9.17, 15) is 18.0 Å². The Bertz CT molecular complexity index is 668. The highest BCUT2D eigenvalue weighted by Crippen LogP contribution is 2.22. The quantitative estimate of drug-likeness (QED) is 0.816. The lowest BCUT2D eigenvalue weighted by Gasteiger charge is -2.07. The number of hydrogen-bond acceptors (Lipinski definition) is 2. The molecule has 0 aliphatic rings. The molecule has 0 heterocycles. The summed E-state index contributed by atoms with van der Waals surface area (Å²) in [6.07, 6.45) is 0. The molecule has 0 bridgehead atoms. The molecule has 0 unspecified atom stereocenters. The van der Waals surface area contributed by atoms with Gasteiger partial charge in [-0.05, 0) is 46.3 Å². The van der Waals surface area contributed by atoms with Crippen LogP contribution in [0, 0.1) is 17.5 Å². The smallest absolute Gasteiger partial charge is 0.255 e. The zero-order chi connectivity index (χ0) is 14.9. The van der Waals surface area contributed by atoms with E-state index < -0.39 is 29.0 Å². The van der Waals surface area contributed by atoms with Gasteiger partial charge in [0, 0.05) is 11.3 Å². The predicted molar refractivity (Wildman–Crippen MR) is 72.8 cm³/mol. The van der Waals surface area contributed by atoms with Crippen molar-refractivity contribution in [3.05, 3.63) is 57.8 Å². The first-order chi connectivity index (χ1) is 9.38. The van der Waals surface area contributed by atoms with Crippen molar-refractivity contribution in [1.29, 1.82) is 0 Å². The fraction of sp³-hybridized carbons (Fsp3) is 0. The molecule has 1 amide bonds. The van der Waals surface area contributed by atoms with Crippen molar-refractivity contribution in [2.75, 3.05) is 11.1 Å². The Kier molecular flexibility index (Phi) is 3.99. The van der Waals surface area contributed by atoms with Crippen LogP contribution in [0.25, 0.3) is 0 Å². The van der Waals surface area contributed by atoms with Gasteiger partial charge >= 0.3 is 0 Å². The SMILES string of the molecule is Nc1c(F)cc(C(=O)Nc2ccc(F)c(Br)c2)cc1F. The summed E-state index contributed by atoms with van der Waals surface area (Å²) in [6.45, 7) is 0. The van der Waals surface area contributed by atoms with Crippen molar-refractivity contribution >= 4 is 33.2 Å². The van der Waals surface area contributed by atoms with Gasteiger partial charge in [0.15, 0.2) is 0 Å². The molecule has 3 nitrogen and oxygen atoms in total. The van der Waals surface area contributed by atoms with E-state index in [1.165, 1.54) is 12.1 Å². The van der Waals surface area contributed by atoms with E-state index in [2.05, 4.69) is 21.2 Å². The van der Waals surface area contributed by atoms with E-state index in [4.69, 9.17) is 5.73 Å². The summed E-state index contributed by atoms with van der Waals surface area (Å²) in [4.78, 5) is 11.8. The van der Waals surface area contributed by atoms with Gasteiger partial charge in [0.1, 0.15) is 23.1 Å². The Hall–Kier alpha value is -2.02. The fourth-order valence-electron chi connectivity index (χ4n) is 1.49. The third-order valence-electron chi connectivity index (χ3n) is 2.52. The molecule has 0 aliphatic heterocycles. The molecule has 0 saturated carbocycles. The summed E-state index contributed by atoms with van der Waals surface area (Å²) in [5.74, 6) is -3.26. The summed E-state index contributed by atoms with van der Waals surface area (Å²) in [5.41, 5.74) is 4.51. The maximum Gasteiger partial charge on any atom is 0.255 e. The highest BCUT2D eigenvalue weighted by atomic mass is 79.9. The van der Waals surface area contributed by atoms with Crippen LogP contribution >= 0.6 is 15.9 Å². The van der Waals surface area contributed by atoms with Gasteiger partial charge in [0.2, 0.25) is 0 Å². The second-order valence-corrected chi connectivity index (χ2v) is 4.79. The van der Waals surface area contributed by atoms with Gasteiger partial charge in [-0.3, -0.25) is 4.79 Å². The maximum absolute atomic E-state index is 13.3. The normalized spacial score (nSPS) is 10.4. The molecule has 0 spiro atoms. The largest absolute Gasteiger partial charge is 0.394 e. The molecule has 0 fully saturated rings. The molecule has 0 aromatic heterocycles. The number of anilines is 2. The monoisotopic (exact) mass is 344 g/mol. The van der Waals surface area contributed by atoms with Crippen molar-refractivity contribution in [1.82, 2.24) is 0 Å². The highest BCUT2D eigenvalue weighted by Gasteiger charge is 2.13. The number of rotatable bonds is 2. The van der Waals surface area contributed by atoms with Gasteiger partial charge in [-0.25, -0.2) is 13.2 Å². The summed E-state index contributed by atoms with van der Waals surface area (Å²) < 4.78 is 39.7. The number of nitrogen functional groups attached to an aromatic ring is 1. The number of nitrogens with one attached hydrogen (secondary N) is 1. The van der Waals surface area contributed by atoms with Crippen molar-refractivity contribution in [3.8, 4) is 0 Å². The molecular weight excluding hydrogens is 337 g/mol. The highest BCUT2D eigenvalue weighted by molar-refractivity contribution is 9.10. The minimum absolute atomic E-state index is 0.157. The average molecular weight is 345 g/mol. The number of benzene rings is 2. The number of hydrogen-bond donors (Lipinski definition) is 2. The van der Waals surface area contributed by atoms with Crippen molar-refractivity contribution in [2.24, 2.45) is 0 Å². The molecule has 3 N–H and O–H groups in total. The van der Waals surface area contributed by atoms with E-state index in [-0.39, 0.29) is 15.7 Å². The molecule has 20 heavy (non-hydrogen) atoms. The molecule has 7 heteroatoms. The van der Waals surface area contributed by atoms with Crippen LogP contribution in [-0.4, -0.2) is 5.91 Å². The first-order valence-corrected chi connectivity index (χ1v) is 6.18. The van der Waals surface area contributed by atoms with Crippen LogP contribution in [0.5, 0.6) is 0 Å². The predicted octanol–water partition coefficient (Wildman–Crippen LogP) is 3.70. The van der Waals surface area contributed by atoms with Crippen LogP contribution in [0.2, 0.25) is 0 Å². The summed E-state index contributed by atoms with van der Waals surface area (Å²) in [6, 6.07) is 5.45. The van der Waals surface area contributed by atoms with Crippen LogP contribution in [0.4, 0.5) is 24.5 Å².